The molecule has 0 aliphatic carbocycles. The van der Waals surface area contributed by atoms with Crippen LogP contribution in [0.3, 0.4) is 0 Å². The normalized spacial score (nSPS) is 10.2. The summed E-state index contributed by atoms with van der Waals surface area (Å²) in [6.45, 7) is 4.87. The van der Waals surface area contributed by atoms with E-state index in [9.17, 15) is 19.2 Å². The summed E-state index contributed by atoms with van der Waals surface area (Å²) < 4.78 is 9.90. The average molecular weight is 286 g/mol. The van der Waals surface area contributed by atoms with Crippen LogP contribution < -0.4 is 0 Å². The van der Waals surface area contributed by atoms with E-state index < -0.39 is 11.9 Å². The third-order valence-electron chi connectivity index (χ3n) is 2.42. The van der Waals surface area contributed by atoms with Gasteiger partial charge in [-0.15, -0.1) is 0 Å². The molecule has 0 aromatic carbocycles. The molecular weight excluding hydrogens is 264 g/mol. The molecule has 0 bridgehead atoms. The summed E-state index contributed by atoms with van der Waals surface area (Å²) >= 11 is 0. The fourth-order valence-corrected chi connectivity index (χ4v) is 1.22. The zero-order valence-corrected chi connectivity index (χ0v) is 12.3. The van der Waals surface area contributed by atoms with Gasteiger partial charge in [-0.2, -0.15) is 0 Å². The Bertz CT molecular complexity index is 327. The summed E-state index contributed by atoms with van der Waals surface area (Å²) in [6.07, 6.45) is 0.487. The first-order valence-corrected chi connectivity index (χ1v) is 6.61. The average Bonchev–Trinajstić information content (AvgIpc) is 2.37. The van der Waals surface area contributed by atoms with Crippen molar-refractivity contribution in [2.45, 2.75) is 46.5 Å². The lowest BCUT2D eigenvalue weighted by molar-refractivity contribution is -0.149. The highest BCUT2D eigenvalue weighted by Gasteiger charge is 2.11. The summed E-state index contributed by atoms with van der Waals surface area (Å²) in [4.78, 5) is 43.9. The molecule has 0 saturated heterocycles. The van der Waals surface area contributed by atoms with Gasteiger partial charge in [0.1, 0.15) is 11.6 Å². The van der Waals surface area contributed by atoms with Crippen molar-refractivity contribution in [3.63, 3.8) is 0 Å². The Labute approximate surface area is 118 Å². The number of ketones is 2. The number of hydrogen-bond donors (Lipinski definition) is 0. The molecule has 0 heterocycles. The first-order chi connectivity index (χ1) is 9.31. The van der Waals surface area contributed by atoms with Gasteiger partial charge in [0.2, 0.25) is 0 Å². The standard InChI is InChI=1S/C14H22O6/c1-10(8-19-13(17)6-4-11(2)15)9-20-14(18)7-5-12(3)16/h10H,4-9H2,1-3H3. The summed E-state index contributed by atoms with van der Waals surface area (Å²) in [5.74, 6) is -1.12. The number of carbonyl (C=O) groups excluding carboxylic acids is 4. The van der Waals surface area contributed by atoms with Gasteiger partial charge in [-0.25, -0.2) is 0 Å². The molecule has 0 atom stereocenters. The molecule has 0 N–H and O–H groups in total. The largest absolute Gasteiger partial charge is 0.465 e. The van der Waals surface area contributed by atoms with E-state index in [1.54, 1.807) is 6.92 Å². The Hall–Kier alpha value is -1.72. The van der Waals surface area contributed by atoms with Crippen molar-refractivity contribution in [2.24, 2.45) is 5.92 Å². The maximum atomic E-state index is 11.2. The van der Waals surface area contributed by atoms with Gasteiger partial charge in [0.15, 0.2) is 0 Å². The highest BCUT2D eigenvalue weighted by atomic mass is 16.5. The van der Waals surface area contributed by atoms with E-state index in [-0.39, 0.29) is 56.4 Å². The third kappa shape index (κ3) is 11.4. The summed E-state index contributed by atoms with van der Waals surface area (Å²) in [5.41, 5.74) is 0. The molecule has 0 unspecified atom stereocenters. The molecule has 0 aromatic heterocycles. The molecule has 0 aliphatic heterocycles. The van der Waals surface area contributed by atoms with Gasteiger partial charge in [0.25, 0.3) is 0 Å². The first kappa shape index (κ1) is 18.3. The molecule has 0 aliphatic rings. The van der Waals surface area contributed by atoms with Crippen molar-refractivity contribution < 1.29 is 28.7 Å². The molecule has 20 heavy (non-hydrogen) atoms. The number of Topliss-reactive ketones (excluding diaryl/α,β-unsaturated/α-hetero) is 2. The third-order valence-corrected chi connectivity index (χ3v) is 2.42. The lowest BCUT2D eigenvalue weighted by atomic mass is 10.2. The molecule has 0 amide bonds. The number of hydrogen-bond acceptors (Lipinski definition) is 6. The Kier molecular flexibility index (Phi) is 9.24. The number of ether oxygens (including phenoxy) is 2. The molecule has 114 valence electrons. The summed E-state index contributed by atoms with van der Waals surface area (Å²) in [5, 5.41) is 0. The zero-order valence-electron chi connectivity index (χ0n) is 12.3. The van der Waals surface area contributed by atoms with E-state index in [0.29, 0.717) is 0 Å². The number of carbonyl (C=O) groups is 4. The van der Waals surface area contributed by atoms with Crippen LogP contribution in [0, 0.1) is 5.92 Å². The predicted molar refractivity (Wildman–Crippen MR) is 70.9 cm³/mol. The van der Waals surface area contributed by atoms with Gasteiger partial charge in [0.05, 0.1) is 26.1 Å². The molecule has 6 heteroatoms. The first-order valence-electron chi connectivity index (χ1n) is 6.61. The van der Waals surface area contributed by atoms with Crippen LogP contribution in [0.25, 0.3) is 0 Å². The van der Waals surface area contributed by atoms with E-state index in [1.807, 2.05) is 0 Å². The van der Waals surface area contributed by atoms with Crippen molar-refractivity contribution in [1.29, 1.82) is 0 Å². The Morgan fingerprint density at radius 3 is 1.40 bits per heavy atom. The fraction of sp³-hybridized carbons (Fsp3) is 0.714. The molecule has 0 fully saturated rings. The van der Waals surface area contributed by atoms with E-state index in [4.69, 9.17) is 9.47 Å². The van der Waals surface area contributed by atoms with Gasteiger partial charge in [0, 0.05) is 18.8 Å². The predicted octanol–water partition coefficient (Wildman–Crippen LogP) is 1.45. The quantitative estimate of drug-likeness (QED) is 0.565. The van der Waals surface area contributed by atoms with Crippen LogP contribution in [0.1, 0.15) is 46.5 Å². The van der Waals surface area contributed by atoms with Crippen LogP contribution in [-0.4, -0.2) is 36.7 Å². The molecule has 0 saturated carbocycles. The molecule has 6 nitrogen and oxygen atoms in total. The van der Waals surface area contributed by atoms with E-state index in [1.165, 1.54) is 13.8 Å². The van der Waals surface area contributed by atoms with Crippen molar-refractivity contribution in [3.05, 3.63) is 0 Å². The van der Waals surface area contributed by atoms with E-state index in [0.717, 1.165) is 0 Å². The summed E-state index contributed by atoms with van der Waals surface area (Å²) in [7, 11) is 0. The number of esters is 2. The molecule has 0 rings (SSSR count). The summed E-state index contributed by atoms with van der Waals surface area (Å²) in [6, 6.07) is 0. The van der Waals surface area contributed by atoms with Crippen LogP contribution in [-0.2, 0) is 28.7 Å². The monoisotopic (exact) mass is 286 g/mol. The van der Waals surface area contributed by atoms with Gasteiger partial charge >= 0.3 is 11.9 Å². The smallest absolute Gasteiger partial charge is 0.306 e. The van der Waals surface area contributed by atoms with Crippen molar-refractivity contribution >= 4 is 23.5 Å². The minimum absolute atomic E-state index is 0.0607. The minimum atomic E-state index is -0.435. The second kappa shape index (κ2) is 10.1. The minimum Gasteiger partial charge on any atom is -0.465 e. The lowest BCUT2D eigenvalue weighted by Gasteiger charge is -2.12. The fourth-order valence-electron chi connectivity index (χ4n) is 1.22. The van der Waals surface area contributed by atoms with Gasteiger partial charge < -0.3 is 19.1 Å². The highest BCUT2D eigenvalue weighted by Crippen LogP contribution is 2.02. The van der Waals surface area contributed by atoms with Crippen LogP contribution >= 0.6 is 0 Å². The topological polar surface area (TPSA) is 86.7 Å². The van der Waals surface area contributed by atoms with Gasteiger partial charge in [-0.3, -0.25) is 9.59 Å². The second-order valence-corrected chi connectivity index (χ2v) is 4.88. The number of rotatable bonds is 10. The maximum absolute atomic E-state index is 11.2. The van der Waals surface area contributed by atoms with Gasteiger partial charge in [-0.05, 0) is 13.8 Å². The van der Waals surface area contributed by atoms with E-state index >= 15 is 0 Å². The Morgan fingerprint density at radius 1 is 0.750 bits per heavy atom. The zero-order chi connectivity index (χ0) is 15.5. The highest BCUT2D eigenvalue weighted by molar-refractivity contribution is 5.81. The molecule has 0 radical (unpaired) electrons. The maximum Gasteiger partial charge on any atom is 0.306 e. The van der Waals surface area contributed by atoms with Crippen LogP contribution in [0.4, 0.5) is 0 Å². The Balaban J connectivity index is 3.70. The molecular formula is C14H22O6. The van der Waals surface area contributed by atoms with Gasteiger partial charge in [-0.1, -0.05) is 6.92 Å². The SMILES string of the molecule is CC(=O)CCC(=O)OCC(C)COC(=O)CCC(C)=O. The van der Waals surface area contributed by atoms with E-state index in [2.05, 4.69) is 0 Å². The van der Waals surface area contributed by atoms with Crippen molar-refractivity contribution in [2.75, 3.05) is 13.2 Å². The van der Waals surface area contributed by atoms with Crippen molar-refractivity contribution in [3.8, 4) is 0 Å². The van der Waals surface area contributed by atoms with Crippen molar-refractivity contribution in [1.82, 2.24) is 0 Å². The molecule has 0 spiro atoms. The van der Waals surface area contributed by atoms with Crippen LogP contribution in [0.2, 0.25) is 0 Å². The second-order valence-electron chi connectivity index (χ2n) is 4.88. The van der Waals surface area contributed by atoms with Crippen LogP contribution in [0.15, 0.2) is 0 Å². The Morgan fingerprint density at radius 2 is 1.10 bits per heavy atom. The lowest BCUT2D eigenvalue weighted by Crippen LogP contribution is -2.19. The molecule has 0 aromatic rings. The van der Waals surface area contributed by atoms with Crippen LogP contribution in [0.5, 0.6) is 0 Å².